The fourth-order valence-electron chi connectivity index (χ4n) is 1.72. The van der Waals surface area contributed by atoms with Crippen molar-refractivity contribution in [1.29, 1.82) is 0 Å². The fraction of sp³-hybridized carbons (Fsp3) is 0.900. The molecule has 1 aliphatic rings. The maximum atomic E-state index is 10.6. The van der Waals surface area contributed by atoms with Gasteiger partial charge in [0, 0.05) is 6.42 Å². The highest BCUT2D eigenvalue weighted by Gasteiger charge is 2.09. The van der Waals surface area contributed by atoms with Crippen LogP contribution in [0.3, 0.4) is 0 Å². The second kappa shape index (κ2) is 7.34. The molecule has 3 heteroatoms. The van der Waals surface area contributed by atoms with E-state index in [0.717, 1.165) is 12.8 Å². The van der Waals surface area contributed by atoms with E-state index in [1.807, 2.05) is 0 Å². The van der Waals surface area contributed by atoms with Crippen LogP contribution in [0.4, 0.5) is 0 Å². The molecule has 1 rings (SSSR count). The Morgan fingerprint density at radius 2 is 1.85 bits per heavy atom. The molecule has 0 aromatic carbocycles. The Bertz CT molecular complexity index is 144. The molecular weight excluding hydrogens is 186 g/mol. The normalized spacial score (nSPS) is 17.0. The minimum atomic E-state index is 0. The lowest BCUT2D eigenvalue weighted by molar-refractivity contribution is -0.117. The van der Waals surface area contributed by atoms with E-state index in [-0.39, 0.29) is 12.4 Å². The van der Waals surface area contributed by atoms with Crippen LogP contribution in [0.2, 0.25) is 0 Å². The van der Waals surface area contributed by atoms with Crippen LogP contribution < -0.4 is 0 Å². The van der Waals surface area contributed by atoms with Gasteiger partial charge in [0.15, 0.2) is 0 Å². The number of carbonyl (C=O) groups is 1. The summed E-state index contributed by atoms with van der Waals surface area (Å²) in [6, 6.07) is 0. The molecule has 78 valence electrons. The molecule has 0 bridgehead atoms. The van der Waals surface area contributed by atoms with Gasteiger partial charge in [-0.1, -0.05) is 0 Å². The van der Waals surface area contributed by atoms with Gasteiger partial charge in [0.05, 0.1) is 0 Å². The molecule has 1 aliphatic heterocycles. The Kier molecular flexibility index (Phi) is 7.29. The predicted molar refractivity (Wildman–Crippen MR) is 57.5 cm³/mol. The molecule has 0 radical (unpaired) electrons. The van der Waals surface area contributed by atoms with Crippen LogP contribution in [-0.2, 0) is 4.79 Å². The Labute approximate surface area is 87.1 Å². The topological polar surface area (TPSA) is 20.3 Å². The summed E-state index contributed by atoms with van der Waals surface area (Å²) in [5.41, 5.74) is 0. The molecule has 0 spiro atoms. The van der Waals surface area contributed by atoms with E-state index >= 15 is 0 Å². The highest BCUT2D eigenvalue weighted by Crippen LogP contribution is 2.08. The van der Waals surface area contributed by atoms with E-state index in [1.165, 1.54) is 38.9 Å². The molecule has 1 fully saturated rings. The number of likely N-dealkylation sites (tertiary alicyclic amines) is 1. The van der Waals surface area contributed by atoms with E-state index in [0.29, 0.717) is 5.78 Å². The minimum absolute atomic E-state index is 0. The van der Waals surface area contributed by atoms with Gasteiger partial charge in [0.2, 0.25) is 0 Å². The van der Waals surface area contributed by atoms with E-state index in [2.05, 4.69) is 4.90 Å². The monoisotopic (exact) mass is 205 g/mol. The van der Waals surface area contributed by atoms with Crippen LogP contribution in [-0.4, -0.2) is 30.3 Å². The van der Waals surface area contributed by atoms with Crippen molar-refractivity contribution in [3.63, 3.8) is 0 Å². The molecule has 0 amide bonds. The largest absolute Gasteiger partial charge is 0.303 e. The number of hydrogen-bond donors (Lipinski definition) is 0. The van der Waals surface area contributed by atoms with Crippen molar-refractivity contribution in [2.75, 3.05) is 19.6 Å². The number of carbonyl (C=O) groups excluding carboxylic acids is 1. The summed E-state index contributed by atoms with van der Waals surface area (Å²) in [4.78, 5) is 13.1. The first-order valence-corrected chi connectivity index (χ1v) is 5.01. The van der Waals surface area contributed by atoms with E-state index in [4.69, 9.17) is 0 Å². The molecule has 0 aromatic heterocycles. The SMILES string of the molecule is CC(=O)CCCCN1CCCC1.Cl. The second-order valence-corrected chi connectivity index (χ2v) is 3.71. The molecule has 1 saturated heterocycles. The summed E-state index contributed by atoms with van der Waals surface area (Å²) in [6.07, 6.45) is 5.78. The van der Waals surface area contributed by atoms with Gasteiger partial charge in [-0.15, -0.1) is 12.4 Å². The van der Waals surface area contributed by atoms with E-state index in [9.17, 15) is 4.79 Å². The first-order valence-electron chi connectivity index (χ1n) is 5.01. The van der Waals surface area contributed by atoms with Gasteiger partial charge in [-0.25, -0.2) is 0 Å². The zero-order chi connectivity index (χ0) is 8.81. The van der Waals surface area contributed by atoms with Crippen LogP contribution in [0.5, 0.6) is 0 Å². The smallest absolute Gasteiger partial charge is 0.129 e. The van der Waals surface area contributed by atoms with Crippen molar-refractivity contribution in [3.05, 3.63) is 0 Å². The Morgan fingerprint density at radius 1 is 1.23 bits per heavy atom. The van der Waals surface area contributed by atoms with Crippen molar-refractivity contribution in [3.8, 4) is 0 Å². The van der Waals surface area contributed by atoms with Crippen LogP contribution in [0.25, 0.3) is 0 Å². The van der Waals surface area contributed by atoms with Crippen LogP contribution in [0.1, 0.15) is 39.0 Å². The lowest BCUT2D eigenvalue weighted by atomic mass is 10.2. The zero-order valence-electron chi connectivity index (χ0n) is 8.42. The number of halogens is 1. The summed E-state index contributed by atoms with van der Waals surface area (Å²) in [5.74, 6) is 0.330. The summed E-state index contributed by atoms with van der Waals surface area (Å²) >= 11 is 0. The lowest BCUT2D eigenvalue weighted by Crippen LogP contribution is -2.20. The van der Waals surface area contributed by atoms with Crippen molar-refractivity contribution < 1.29 is 4.79 Å². The fourth-order valence-corrected chi connectivity index (χ4v) is 1.72. The van der Waals surface area contributed by atoms with E-state index < -0.39 is 0 Å². The molecular formula is C10H20ClNO. The third-order valence-corrected chi connectivity index (χ3v) is 2.45. The van der Waals surface area contributed by atoms with Crippen LogP contribution in [0.15, 0.2) is 0 Å². The number of Topliss-reactive ketones (excluding diaryl/α,β-unsaturated/α-hetero) is 1. The zero-order valence-corrected chi connectivity index (χ0v) is 9.24. The van der Waals surface area contributed by atoms with Gasteiger partial charge in [-0.3, -0.25) is 0 Å². The number of rotatable bonds is 5. The molecule has 0 aromatic rings. The van der Waals surface area contributed by atoms with Gasteiger partial charge < -0.3 is 9.69 Å². The van der Waals surface area contributed by atoms with Crippen LogP contribution >= 0.6 is 12.4 Å². The van der Waals surface area contributed by atoms with Gasteiger partial charge in [0.1, 0.15) is 5.78 Å². The van der Waals surface area contributed by atoms with Gasteiger partial charge in [-0.05, 0) is 52.2 Å². The molecule has 2 nitrogen and oxygen atoms in total. The highest BCUT2D eigenvalue weighted by molar-refractivity contribution is 5.85. The van der Waals surface area contributed by atoms with Crippen molar-refractivity contribution in [2.45, 2.75) is 39.0 Å². The maximum Gasteiger partial charge on any atom is 0.129 e. The summed E-state index contributed by atoms with van der Waals surface area (Å²) < 4.78 is 0. The second-order valence-electron chi connectivity index (χ2n) is 3.71. The van der Waals surface area contributed by atoms with Crippen molar-refractivity contribution in [1.82, 2.24) is 4.90 Å². The Morgan fingerprint density at radius 3 is 2.38 bits per heavy atom. The molecule has 0 atom stereocenters. The Hall–Kier alpha value is -0.0800. The minimum Gasteiger partial charge on any atom is -0.303 e. The highest BCUT2D eigenvalue weighted by atomic mass is 35.5. The molecule has 1 heterocycles. The third kappa shape index (κ3) is 6.05. The molecule has 13 heavy (non-hydrogen) atoms. The quantitative estimate of drug-likeness (QED) is 0.642. The average Bonchev–Trinajstić information content (AvgIpc) is 2.49. The van der Waals surface area contributed by atoms with Gasteiger partial charge in [0.25, 0.3) is 0 Å². The molecule has 0 unspecified atom stereocenters. The van der Waals surface area contributed by atoms with Gasteiger partial charge in [-0.2, -0.15) is 0 Å². The average molecular weight is 206 g/mol. The van der Waals surface area contributed by atoms with Crippen LogP contribution in [0, 0.1) is 0 Å². The van der Waals surface area contributed by atoms with Gasteiger partial charge >= 0.3 is 0 Å². The lowest BCUT2D eigenvalue weighted by Gasteiger charge is -2.13. The summed E-state index contributed by atoms with van der Waals surface area (Å²) in [7, 11) is 0. The molecule has 0 aliphatic carbocycles. The summed E-state index contributed by atoms with van der Waals surface area (Å²) in [5, 5.41) is 0. The Balaban J connectivity index is 0.00000144. The number of hydrogen-bond acceptors (Lipinski definition) is 2. The first-order chi connectivity index (χ1) is 5.79. The standard InChI is InChI=1S/C10H19NO.ClH/c1-10(12)6-2-3-7-11-8-4-5-9-11;/h2-9H2,1H3;1H. The maximum absolute atomic E-state index is 10.6. The predicted octanol–water partition coefficient (Wildman–Crippen LogP) is 2.26. The van der Waals surface area contributed by atoms with Crippen molar-refractivity contribution in [2.24, 2.45) is 0 Å². The number of nitrogens with zero attached hydrogens (tertiary/aromatic N) is 1. The number of ketones is 1. The van der Waals surface area contributed by atoms with E-state index in [1.54, 1.807) is 6.92 Å². The summed E-state index contributed by atoms with van der Waals surface area (Å²) in [6.45, 7) is 5.43. The third-order valence-electron chi connectivity index (χ3n) is 2.45. The molecule has 0 N–H and O–H groups in total. The molecule has 0 saturated carbocycles. The van der Waals surface area contributed by atoms with Crippen molar-refractivity contribution >= 4 is 18.2 Å². The number of unbranched alkanes of at least 4 members (excludes halogenated alkanes) is 1. The first kappa shape index (κ1) is 12.9.